The predicted octanol–water partition coefficient (Wildman–Crippen LogP) is 2.90. The van der Waals surface area contributed by atoms with E-state index in [2.05, 4.69) is 10.0 Å². The number of rotatable bonds is 4. The summed E-state index contributed by atoms with van der Waals surface area (Å²) in [7, 11) is -3.59. The molecule has 0 fully saturated rings. The van der Waals surface area contributed by atoms with E-state index in [1.54, 1.807) is 48.5 Å². The summed E-state index contributed by atoms with van der Waals surface area (Å²) in [5.41, 5.74) is 1.69. The van der Waals surface area contributed by atoms with Crippen LogP contribution >= 0.6 is 0 Å². The lowest BCUT2D eigenvalue weighted by atomic mass is 10.1. The molecule has 0 amide bonds. The lowest BCUT2D eigenvalue weighted by molar-refractivity contribution is 0.0459. The van der Waals surface area contributed by atoms with Gasteiger partial charge in [0.25, 0.3) is 0 Å². The molecule has 132 valence electrons. The summed E-state index contributed by atoms with van der Waals surface area (Å²) < 4.78 is 32.5. The van der Waals surface area contributed by atoms with E-state index in [-0.39, 0.29) is 16.8 Å². The number of para-hydroxylation sites is 1. The molecule has 1 aliphatic heterocycles. The van der Waals surface area contributed by atoms with Crippen LogP contribution in [-0.4, -0.2) is 21.0 Å². The number of fused-ring (bicyclic) bond motifs is 1. The quantitative estimate of drug-likeness (QED) is 0.819. The van der Waals surface area contributed by atoms with Gasteiger partial charge in [-0.3, -0.25) is 0 Å². The Bertz CT molecular complexity index is 876. The SMILES string of the molecule is CC(C)COC(=O)c1ccc([C@H]2Nc3ccccc3S(=O)(=O)N2)cc1. The first-order valence-corrected chi connectivity index (χ1v) is 9.50. The van der Waals surface area contributed by atoms with Crippen LogP contribution < -0.4 is 10.0 Å². The average Bonchev–Trinajstić information content (AvgIpc) is 2.59. The second kappa shape index (κ2) is 6.85. The highest BCUT2D eigenvalue weighted by Gasteiger charge is 2.29. The van der Waals surface area contributed by atoms with Gasteiger partial charge in [-0.15, -0.1) is 0 Å². The fraction of sp³-hybridized carbons (Fsp3) is 0.278. The molecule has 6 nitrogen and oxygen atoms in total. The van der Waals surface area contributed by atoms with E-state index in [0.717, 1.165) is 0 Å². The van der Waals surface area contributed by atoms with Crippen LogP contribution in [0.25, 0.3) is 0 Å². The summed E-state index contributed by atoms with van der Waals surface area (Å²) in [4.78, 5) is 12.2. The minimum atomic E-state index is -3.59. The van der Waals surface area contributed by atoms with Gasteiger partial charge in [-0.25, -0.2) is 13.2 Å². The number of hydrogen-bond donors (Lipinski definition) is 2. The number of benzene rings is 2. The van der Waals surface area contributed by atoms with Crippen molar-refractivity contribution in [2.24, 2.45) is 5.92 Å². The van der Waals surface area contributed by atoms with Gasteiger partial charge in [-0.2, -0.15) is 4.72 Å². The maximum atomic E-state index is 12.4. The Morgan fingerprint density at radius 2 is 1.80 bits per heavy atom. The normalized spacial score (nSPS) is 18.3. The van der Waals surface area contributed by atoms with Crippen molar-refractivity contribution in [1.29, 1.82) is 0 Å². The molecular weight excluding hydrogens is 340 g/mol. The van der Waals surface area contributed by atoms with Crippen molar-refractivity contribution in [1.82, 2.24) is 4.72 Å². The number of hydrogen-bond acceptors (Lipinski definition) is 5. The van der Waals surface area contributed by atoms with Gasteiger partial charge >= 0.3 is 5.97 Å². The lowest BCUT2D eigenvalue weighted by Crippen LogP contribution is -2.38. The molecule has 2 aromatic carbocycles. The largest absolute Gasteiger partial charge is 0.462 e. The smallest absolute Gasteiger partial charge is 0.338 e. The second-order valence-electron chi connectivity index (χ2n) is 6.31. The Morgan fingerprint density at radius 1 is 1.12 bits per heavy atom. The topological polar surface area (TPSA) is 84.5 Å². The predicted molar refractivity (Wildman–Crippen MR) is 94.7 cm³/mol. The van der Waals surface area contributed by atoms with Crippen LogP contribution in [0.4, 0.5) is 5.69 Å². The number of carbonyl (C=O) groups is 1. The zero-order chi connectivity index (χ0) is 18.0. The van der Waals surface area contributed by atoms with Crippen LogP contribution in [0.5, 0.6) is 0 Å². The molecule has 0 unspecified atom stereocenters. The maximum Gasteiger partial charge on any atom is 0.338 e. The minimum absolute atomic E-state index is 0.222. The van der Waals surface area contributed by atoms with Crippen molar-refractivity contribution in [2.75, 3.05) is 11.9 Å². The van der Waals surface area contributed by atoms with Gasteiger partial charge in [-0.05, 0) is 35.7 Å². The molecule has 1 atom stereocenters. The molecule has 25 heavy (non-hydrogen) atoms. The summed E-state index contributed by atoms with van der Waals surface area (Å²) in [5.74, 6) is -0.119. The van der Waals surface area contributed by atoms with E-state index in [0.29, 0.717) is 23.4 Å². The van der Waals surface area contributed by atoms with Crippen molar-refractivity contribution < 1.29 is 17.9 Å². The van der Waals surface area contributed by atoms with Crippen molar-refractivity contribution in [3.63, 3.8) is 0 Å². The Hall–Kier alpha value is -2.38. The van der Waals surface area contributed by atoms with Gasteiger partial charge in [0.15, 0.2) is 0 Å². The number of nitrogens with one attached hydrogen (secondary N) is 2. The Labute approximate surface area is 147 Å². The van der Waals surface area contributed by atoms with Gasteiger partial charge in [0.2, 0.25) is 10.0 Å². The van der Waals surface area contributed by atoms with Gasteiger partial charge < -0.3 is 10.1 Å². The molecule has 3 rings (SSSR count). The van der Waals surface area contributed by atoms with E-state index in [1.165, 1.54) is 0 Å². The summed E-state index contributed by atoms with van der Waals surface area (Å²) in [6.07, 6.45) is -0.597. The molecule has 2 aromatic rings. The van der Waals surface area contributed by atoms with Crippen LogP contribution in [0.3, 0.4) is 0 Å². The molecule has 0 radical (unpaired) electrons. The van der Waals surface area contributed by atoms with Crippen molar-refractivity contribution in [3.05, 3.63) is 59.7 Å². The molecular formula is C18H20N2O4S. The highest BCUT2D eigenvalue weighted by atomic mass is 32.2. The highest BCUT2D eigenvalue weighted by molar-refractivity contribution is 7.89. The minimum Gasteiger partial charge on any atom is -0.462 e. The first-order chi connectivity index (χ1) is 11.9. The highest BCUT2D eigenvalue weighted by Crippen LogP contribution is 2.30. The third-order valence-corrected chi connectivity index (χ3v) is 5.26. The van der Waals surface area contributed by atoms with Gasteiger partial charge in [0, 0.05) is 0 Å². The first-order valence-electron chi connectivity index (χ1n) is 8.02. The summed E-state index contributed by atoms with van der Waals surface area (Å²) in [6.45, 7) is 4.30. The zero-order valence-corrected chi connectivity index (χ0v) is 14.8. The first kappa shape index (κ1) is 17.4. The lowest BCUT2D eigenvalue weighted by Gasteiger charge is -2.28. The number of anilines is 1. The van der Waals surface area contributed by atoms with Crippen LogP contribution in [0, 0.1) is 5.92 Å². The molecule has 1 aliphatic rings. The fourth-order valence-electron chi connectivity index (χ4n) is 2.51. The molecule has 0 spiro atoms. The van der Waals surface area contributed by atoms with E-state index < -0.39 is 16.2 Å². The molecule has 0 aliphatic carbocycles. The van der Waals surface area contributed by atoms with Crippen LogP contribution in [0.2, 0.25) is 0 Å². The Balaban J connectivity index is 1.79. The third kappa shape index (κ3) is 3.83. The fourth-order valence-corrected chi connectivity index (χ4v) is 3.82. The third-order valence-electron chi connectivity index (χ3n) is 3.78. The molecule has 7 heteroatoms. The van der Waals surface area contributed by atoms with Crippen LogP contribution in [0.1, 0.15) is 35.9 Å². The van der Waals surface area contributed by atoms with E-state index in [9.17, 15) is 13.2 Å². The maximum absolute atomic E-state index is 12.4. The van der Waals surface area contributed by atoms with Gasteiger partial charge in [0.1, 0.15) is 11.1 Å². The monoisotopic (exact) mass is 360 g/mol. The summed E-state index contributed by atoms with van der Waals surface area (Å²) in [6, 6.07) is 13.4. The number of ether oxygens (including phenoxy) is 1. The standard InChI is InChI=1S/C18H20N2O4S/c1-12(2)11-24-18(21)14-9-7-13(8-10-14)17-19-15-5-3-4-6-16(15)25(22,23)20-17/h3-10,12,17,19-20H,11H2,1-2H3/t17-/m0/s1. The molecule has 0 saturated carbocycles. The van der Waals surface area contributed by atoms with E-state index in [1.807, 2.05) is 13.8 Å². The second-order valence-corrected chi connectivity index (χ2v) is 7.99. The molecule has 2 N–H and O–H groups in total. The van der Waals surface area contributed by atoms with Gasteiger partial charge in [0.05, 0.1) is 17.9 Å². The Kier molecular flexibility index (Phi) is 4.78. The van der Waals surface area contributed by atoms with E-state index in [4.69, 9.17) is 4.74 Å². The van der Waals surface area contributed by atoms with Crippen LogP contribution in [-0.2, 0) is 14.8 Å². The summed E-state index contributed by atoms with van der Waals surface area (Å²) in [5, 5.41) is 3.15. The van der Waals surface area contributed by atoms with Crippen LogP contribution in [0.15, 0.2) is 53.4 Å². The molecule has 0 aromatic heterocycles. The molecule has 0 bridgehead atoms. The van der Waals surface area contributed by atoms with Gasteiger partial charge in [-0.1, -0.05) is 38.1 Å². The average molecular weight is 360 g/mol. The zero-order valence-electron chi connectivity index (χ0n) is 14.0. The van der Waals surface area contributed by atoms with Crippen molar-refractivity contribution >= 4 is 21.7 Å². The van der Waals surface area contributed by atoms with E-state index >= 15 is 0 Å². The number of carbonyl (C=O) groups excluding carboxylic acids is 1. The molecule has 1 heterocycles. The number of sulfonamides is 1. The Morgan fingerprint density at radius 3 is 2.48 bits per heavy atom. The summed E-state index contributed by atoms with van der Waals surface area (Å²) >= 11 is 0. The van der Waals surface area contributed by atoms with Crippen molar-refractivity contribution in [3.8, 4) is 0 Å². The van der Waals surface area contributed by atoms with Crippen molar-refractivity contribution in [2.45, 2.75) is 24.9 Å². The number of esters is 1. The molecule has 0 saturated heterocycles.